The van der Waals surface area contributed by atoms with Gasteiger partial charge in [0.1, 0.15) is 5.75 Å². The zero-order valence-corrected chi connectivity index (χ0v) is 16.8. The van der Waals surface area contributed by atoms with Crippen molar-refractivity contribution >= 4 is 9.84 Å². The molecule has 0 aromatic heterocycles. The predicted octanol–water partition coefficient (Wildman–Crippen LogP) is 3.27. The molecule has 0 fully saturated rings. The summed E-state index contributed by atoms with van der Waals surface area (Å²) in [6.45, 7) is 5.79. The second kappa shape index (κ2) is 8.87. The fraction of sp³-hybridized carbons (Fsp3) is 0.429. The maximum absolute atomic E-state index is 12.8. The minimum Gasteiger partial charge on any atom is -0.493 e. The van der Waals surface area contributed by atoms with Gasteiger partial charge >= 0.3 is 0 Å². The summed E-state index contributed by atoms with van der Waals surface area (Å²) in [5.74, 6) is 0.668. The summed E-state index contributed by atoms with van der Waals surface area (Å²) in [4.78, 5) is 2.87. The van der Waals surface area contributed by atoms with Gasteiger partial charge in [0.15, 0.2) is 0 Å². The molecule has 0 radical (unpaired) electrons. The zero-order valence-electron chi connectivity index (χ0n) is 16.0. The van der Waals surface area contributed by atoms with Crippen LogP contribution in [-0.2, 0) is 9.84 Å². The Labute approximate surface area is 162 Å². The number of benzene rings is 2. The maximum atomic E-state index is 12.8. The van der Waals surface area contributed by atoms with Gasteiger partial charge in [0.05, 0.1) is 16.4 Å². The van der Waals surface area contributed by atoms with Crippen LogP contribution in [0.15, 0.2) is 58.3 Å². The Bertz CT molecular complexity index is 853. The first kappa shape index (κ1) is 19.9. The summed E-state index contributed by atoms with van der Waals surface area (Å²) >= 11 is 0. The van der Waals surface area contributed by atoms with Gasteiger partial charge in [-0.05, 0) is 57.4 Å². The molecule has 6 heteroatoms. The van der Waals surface area contributed by atoms with Crippen molar-refractivity contribution in [3.05, 3.63) is 54.1 Å². The van der Waals surface area contributed by atoms with Crippen molar-refractivity contribution in [1.82, 2.24) is 10.2 Å². The van der Waals surface area contributed by atoms with Crippen molar-refractivity contribution in [1.29, 1.82) is 0 Å². The van der Waals surface area contributed by atoms with Gasteiger partial charge < -0.3 is 15.0 Å². The Morgan fingerprint density at radius 2 is 1.93 bits per heavy atom. The average molecular weight is 389 g/mol. The molecule has 0 saturated carbocycles. The molecular formula is C21H28N2O3S. The monoisotopic (exact) mass is 388 g/mol. The summed E-state index contributed by atoms with van der Waals surface area (Å²) in [6, 6.07) is 14.0. The van der Waals surface area contributed by atoms with Gasteiger partial charge in [0.2, 0.25) is 9.84 Å². The fourth-order valence-corrected chi connectivity index (χ4v) is 4.57. The van der Waals surface area contributed by atoms with Crippen LogP contribution < -0.4 is 10.1 Å². The van der Waals surface area contributed by atoms with E-state index in [0.717, 1.165) is 38.0 Å². The van der Waals surface area contributed by atoms with Crippen molar-refractivity contribution < 1.29 is 13.2 Å². The zero-order chi connectivity index (χ0) is 19.3. The predicted molar refractivity (Wildman–Crippen MR) is 107 cm³/mol. The van der Waals surface area contributed by atoms with E-state index in [0.29, 0.717) is 17.3 Å². The van der Waals surface area contributed by atoms with Crippen LogP contribution in [0.4, 0.5) is 0 Å². The van der Waals surface area contributed by atoms with Crippen molar-refractivity contribution in [2.45, 2.75) is 35.6 Å². The third-order valence-electron chi connectivity index (χ3n) is 5.04. The number of nitrogens with one attached hydrogen (secondary N) is 1. The van der Waals surface area contributed by atoms with Crippen LogP contribution in [0.3, 0.4) is 0 Å². The molecule has 3 rings (SSSR count). The number of ether oxygens (including phenoxy) is 1. The minimum atomic E-state index is -3.53. The Kier molecular flexibility index (Phi) is 6.52. The standard InChI is InChI=1S/C21H28N2O3S/c1-3-23(2)14-7-13-22-20-12-15-26-21-16-18(10-11-19(20)21)27(24,25)17-8-5-4-6-9-17/h4-6,8-11,16,20,22H,3,7,12-15H2,1-2H3. The van der Waals surface area contributed by atoms with Crippen molar-refractivity contribution in [2.24, 2.45) is 0 Å². The van der Waals surface area contributed by atoms with Crippen LogP contribution in [0.5, 0.6) is 5.75 Å². The fourth-order valence-electron chi connectivity index (χ4n) is 3.27. The van der Waals surface area contributed by atoms with E-state index in [9.17, 15) is 8.42 Å². The second-order valence-electron chi connectivity index (χ2n) is 6.91. The second-order valence-corrected chi connectivity index (χ2v) is 8.86. The minimum absolute atomic E-state index is 0.203. The molecule has 1 aliphatic rings. The Balaban J connectivity index is 1.73. The van der Waals surface area contributed by atoms with E-state index in [1.54, 1.807) is 36.4 Å². The lowest BCUT2D eigenvalue weighted by atomic mass is 10.0. The largest absolute Gasteiger partial charge is 0.493 e. The summed E-state index contributed by atoms with van der Waals surface area (Å²) in [5, 5.41) is 3.59. The molecule has 0 saturated heterocycles. The van der Waals surface area contributed by atoms with E-state index in [-0.39, 0.29) is 10.9 Å². The van der Waals surface area contributed by atoms with Gasteiger partial charge in [-0.2, -0.15) is 0 Å². The van der Waals surface area contributed by atoms with Gasteiger partial charge in [-0.15, -0.1) is 0 Å². The summed E-state index contributed by atoms with van der Waals surface area (Å²) in [7, 11) is -1.41. The SMILES string of the molecule is CCN(C)CCCNC1CCOc2cc(S(=O)(=O)c3ccccc3)ccc21. The molecule has 0 aliphatic carbocycles. The number of sulfone groups is 1. The first-order valence-corrected chi connectivity index (χ1v) is 11.0. The number of rotatable bonds is 8. The molecule has 0 spiro atoms. The summed E-state index contributed by atoms with van der Waals surface area (Å²) in [6.07, 6.45) is 1.97. The lowest BCUT2D eigenvalue weighted by Gasteiger charge is -2.27. The highest BCUT2D eigenvalue weighted by atomic mass is 32.2. The highest BCUT2D eigenvalue weighted by molar-refractivity contribution is 7.91. The number of fused-ring (bicyclic) bond motifs is 1. The first-order chi connectivity index (χ1) is 13.0. The number of hydrogen-bond donors (Lipinski definition) is 1. The van der Waals surface area contributed by atoms with E-state index >= 15 is 0 Å². The lowest BCUT2D eigenvalue weighted by molar-refractivity contribution is 0.249. The normalized spacial score (nSPS) is 16.8. The summed E-state index contributed by atoms with van der Waals surface area (Å²) < 4.78 is 31.4. The molecule has 0 bridgehead atoms. The van der Waals surface area contributed by atoms with Gasteiger partial charge in [-0.25, -0.2) is 8.42 Å². The van der Waals surface area contributed by atoms with Crippen LogP contribution in [0.1, 0.15) is 31.4 Å². The van der Waals surface area contributed by atoms with Gasteiger partial charge in [-0.3, -0.25) is 0 Å². The molecule has 1 heterocycles. The molecule has 5 nitrogen and oxygen atoms in total. The molecule has 1 atom stereocenters. The third kappa shape index (κ3) is 4.69. The van der Waals surface area contributed by atoms with E-state index in [1.165, 1.54) is 0 Å². The van der Waals surface area contributed by atoms with Crippen molar-refractivity contribution in [3.63, 3.8) is 0 Å². The van der Waals surface area contributed by atoms with E-state index in [4.69, 9.17) is 4.74 Å². The van der Waals surface area contributed by atoms with Crippen LogP contribution in [-0.4, -0.2) is 46.6 Å². The Morgan fingerprint density at radius 1 is 1.15 bits per heavy atom. The van der Waals surface area contributed by atoms with Crippen LogP contribution >= 0.6 is 0 Å². The Morgan fingerprint density at radius 3 is 2.67 bits per heavy atom. The topological polar surface area (TPSA) is 58.6 Å². The molecular weight excluding hydrogens is 360 g/mol. The number of hydrogen-bond acceptors (Lipinski definition) is 5. The number of nitrogens with zero attached hydrogens (tertiary/aromatic N) is 1. The molecule has 2 aromatic carbocycles. The average Bonchev–Trinajstić information content (AvgIpc) is 2.71. The molecule has 1 aliphatic heterocycles. The maximum Gasteiger partial charge on any atom is 0.206 e. The molecule has 27 heavy (non-hydrogen) atoms. The molecule has 2 aromatic rings. The van der Waals surface area contributed by atoms with E-state index in [1.807, 2.05) is 12.1 Å². The molecule has 1 N–H and O–H groups in total. The molecule has 0 amide bonds. The van der Waals surface area contributed by atoms with Crippen molar-refractivity contribution in [2.75, 3.05) is 33.3 Å². The highest BCUT2D eigenvalue weighted by Gasteiger charge is 2.25. The van der Waals surface area contributed by atoms with Crippen LogP contribution in [0, 0.1) is 0 Å². The van der Waals surface area contributed by atoms with Gasteiger partial charge in [0, 0.05) is 18.0 Å². The Hall–Kier alpha value is -1.89. The van der Waals surface area contributed by atoms with Crippen molar-refractivity contribution in [3.8, 4) is 5.75 Å². The smallest absolute Gasteiger partial charge is 0.206 e. The quantitative estimate of drug-likeness (QED) is 0.704. The lowest BCUT2D eigenvalue weighted by Crippen LogP contribution is -2.30. The van der Waals surface area contributed by atoms with E-state index < -0.39 is 9.84 Å². The van der Waals surface area contributed by atoms with E-state index in [2.05, 4.69) is 24.2 Å². The first-order valence-electron chi connectivity index (χ1n) is 9.51. The van der Waals surface area contributed by atoms with Crippen LogP contribution in [0.2, 0.25) is 0 Å². The third-order valence-corrected chi connectivity index (χ3v) is 6.80. The highest BCUT2D eigenvalue weighted by Crippen LogP contribution is 2.35. The molecule has 1 unspecified atom stereocenters. The van der Waals surface area contributed by atoms with Crippen LogP contribution in [0.25, 0.3) is 0 Å². The van der Waals surface area contributed by atoms with Gasteiger partial charge in [0.25, 0.3) is 0 Å². The molecule has 146 valence electrons. The summed E-state index contributed by atoms with van der Waals surface area (Å²) in [5.41, 5.74) is 1.04. The van der Waals surface area contributed by atoms with Gasteiger partial charge in [-0.1, -0.05) is 31.2 Å².